The van der Waals surface area contributed by atoms with E-state index in [0.29, 0.717) is 5.56 Å². The standard InChI is InChI=1S/C20H22O4/c1-14-11-17(12-15(2)19(14)24-13-22-3)6-5-16-7-9-18(10-8-16)20(21)23-4/h5-12H,13H2,1-4H3. The van der Waals surface area contributed by atoms with Crippen molar-refractivity contribution in [2.45, 2.75) is 13.8 Å². The molecule has 24 heavy (non-hydrogen) atoms. The van der Waals surface area contributed by atoms with Crippen LogP contribution in [0.4, 0.5) is 0 Å². The molecule has 0 saturated carbocycles. The number of rotatable bonds is 6. The number of ether oxygens (including phenoxy) is 3. The van der Waals surface area contributed by atoms with Crippen molar-refractivity contribution < 1.29 is 19.0 Å². The Morgan fingerprint density at radius 1 is 0.958 bits per heavy atom. The molecule has 0 aliphatic carbocycles. The zero-order chi connectivity index (χ0) is 17.5. The van der Waals surface area contributed by atoms with Gasteiger partial charge in [0.15, 0.2) is 6.79 Å². The van der Waals surface area contributed by atoms with Crippen LogP contribution in [0.1, 0.15) is 32.6 Å². The lowest BCUT2D eigenvalue weighted by atomic mass is 10.0. The van der Waals surface area contributed by atoms with E-state index in [0.717, 1.165) is 28.0 Å². The molecule has 0 aliphatic heterocycles. The summed E-state index contributed by atoms with van der Waals surface area (Å²) in [6, 6.07) is 11.4. The molecular weight excluding hydrogens is 304 g/mol. The first-order valence-corrected chi connectivity index (χ1v) is 7.64. The number of hydrogen-bond donors (Lipinski definition) is 0. The van der Waals surface area contributed by atoms with E-state index in [4.69, 9.17) is 14.2 Å². The first kappa shape index (κ1) is 17.8. The van der Waals surface area contributed by atoms with E-state index in [1.54, 1.807) is 19.2 Å². The number of carbonyl (C=O) groups excluding carboxylic acids is 1. The van der Waals surface area contributed by atoms with Crippen molar-refractivity contribution in [3.8, 4) is 5.75 Å². The fourth-order valence-electron chi connectivity index (χ4n) is 2.47. The lowest BCUT2D eigenvalue weighted by Gasteiger charge is -2.12. The summed E-state index contributed by atoms with van der Waals surface area (Å²) in [5.41, 5.74) is 4.77. The van der Waals surface area contributed by atoms with Crippen LogP contribution >= 0.6 is 0 Å². The Balaban J connectivity index is 2.15. The van der Waals surface area contributed by atoms with Gasteiger partial charge in [0, 0.05) is 7.11 Å². The fourth-order valence-corrected chi connectivity index (χ4v) is 2.47. The summed E-state index contributed by atoms with van der Waals surface area (Å²) in [5.74, 6) is 0.528. The molecule has 0 heterocycles. The average Bonchev–Trinajstić information content (AvgIpc) is 2.59. The van der Waals surface area contributed by atoms with Gasteiger partial charge in [-0.05, 0) is 60.4 Å². The molecule has 0 aromatic heterocycles. The third kappa shape index (κ3) is 4.46. The van der Waals surface area contributed by atoms with E-state index < -0.39 is 0 Å². The third-order valence-corrected chi connectivity index (χ3v) is 3.60. The minimum atomic E-state index is -0.330. The van der Waals surface area contributed by atoms with Gasteiger partial charge in [-0.1, -0.05) is 24.3 Å². The van der Waals surface area contributed by atoms with Gasteiger partial charge in [0.1, 0.15) is 5.75 Å². The van der Waals surface area contributed by atoms with Gasteiger partial charge in [-0.3, -0.25) is 0 Å². The normalized spacial score (nSPS) is 10.8. The first-order valence-electron chi connectivity index (χ1n) is 7.64. The average molecular weight is 326 g/mol. The van der Waals surface area contributed by atoms with Gasteiger partial charge >= 0.3 is 5.97 Å². The third-order valence-electron chi connectivity index (χ3n) is 3.60. The van der Waals surface area contributed by atoms with Crippen molar-refractivity contribution in [3.05, 3.63) is 64.2 Å². The molecule has 0 saturated heterocycles. The van der Waals surface area contributed by atoms with Crippen molar-refractivity contribution in [2.24, 2.45) is 0 Å². The van der Waals surface area contributed by atoms with Gasteiger partial charge < -0.3 is 14.2 Å². The Labute approximate surface area is 142 Å². The van der Waals surface area contributed by atoms with Crippen molar-refractivity contribution in [1.82, 2.24) is 0 Å². The predicted molar refractivity (Wildman–Crippen MR) is 95.1 cm³/mol. The number of hydrogen-bond acceptors (Lipinski definition) is 4. The second-order valence-corrected chi connectivity index (χ2v) is 5.48. The molecular formula is C20H22O4. The zero-order valence-electron chi connectivity index (χ0n) is 14.5. The van der Waals surface area contributed by atoms with Gasteiger partial charge in [0.25, 0.3) is 0 Å². The van der Waals surface area contributed by atoms with Crippen molar-refractivity contribution >= 4 is 18.1 Å². The molecule has 0 amide bonds. The summed E-state index contributed by atoms with van der Waals surface area (Å²) < 4.78 is 15.2. The van der Waals surface area contributed by atoms with Crippen molar-refractivity contribution in [1.29, 1.82) is 0 Å². The second kappa shape index (κ2) is 8.31. The molecule has 126 valence electrons. The van der Waals surface area contributed by atoms with Crippen LogP contribution in [0, 0.1) is 13.8 Å². The summed E-state index contributed by atoms with van der Waals surface area (Å²) in [6.45, 7) is 4.27. The molecule has 0 spiro atoms. The van der Waals surface area contributed by atoms with Gasteiger partial charge in [0.05, 0.1) is 12.7 Å². The predicted octanol–water partition coefficient (Wildman–Crippen LogP) is 4.24. The Morgan fingerprint density at radius 3 is 2.08 bits per heavy atom. The lowest BCUT2D eigenvalue weighted by Crippen LogP contribution is -2.02. The van der Waals surface area contributed by atoms with Crippen molar-refractivity contribution in [3.63, 3.8) is 0 Å². The Morgan fingerprint density at radius 2 is 1.54 bits per heavy atom. The Bertz CT molecular complexity index is 707. The molecule has 0 bridgehead atoms. The minimum Gasteiger partial charge on any atom is -0.467 e. The van der Waals surface area contributed by atoms with E-state index in [2.05, 4.69) is 12.1 Å². The van der Waals surface area contributed by atoms with Crippen LogP contribution in [0.3, 0.4) is 0 Å². The largest absolute Gasteiger partial charge is 0.467 e. The monoisotopic (exact) mass is 326 g/mol. The minimum absolute atomic E-state index is 0.239. The van der Waals surface area contributed by atoms with Crippen molar-refractivity contribution in [2.75, 3.05) is 21.0 Å². The highest BCUT2D eigenvalue weighted by molar-refractivity contribution is 5.89. The molecule has 2 aromatic rings. The molecule has 0 atom stereocenters. The number of benzene rings is 2. The maximum atomic E-state index is 11.4. The molecule has 0 radical (unpaired) electrons. The Kier molecular flexibility index (Phi) is 6.15. The molecule has 2 aromatic carbocycles. The van der Waals surface area contributed by atoms with Crippen LogP contribution in [0.2, 0.25) is 0 Å². The molecule has 2 rings (SSSR count). The van der Waals surface area contributed by atoms with Crippen LogP contribution in [0.15, 0.2) is 36.4 Å². The van der Waals surface area contributed by atoms with Crippen LogP contribution < -0.4 is 4.74 Å². The topological polar surface area (TPSA) is 44.8 Å². The molecule has 4 nitrogen and oxygen atoms in total. The number of carbonyl (C=O) groups is 1. The lowest BCUT2D eigenvalue weighted by molar-refractivity contribution is 0.0501. The summed E-state index contributed by atoms with van der Waals surface area (Å²) >= 11 is 0. The van der Waals surface area contributed by atoms with Crippen LogP contribution in [-0.4, -0.2) is 27.0 Å². The zero-order valence-corrected chi connectivity index (χ0v) is 14.5. The highest BCUT2D eigenvalue weighted by atomic mass is 16.7. The van der Waals surface area contributed by atoms with Gasteiger partial charge in [0.2, 0.25) is 0 Å². The quantitative estimate of drug-likeness (QED) is 0.452. The van der Waals surface area contributed by atoms with E-state index in [1.807, 2.05) is 38.1 Å². The highest BCUT2D eigenvalue weighted by Gasteiger charge is 2.06. The SMILES string of the molecule is COCOc1c(C)cc(C=Cc2ccc(C(=O)OC)cc2)cc1C. The van der Waals surface area contributed by atoms with E-state index in [1.165, 1.54) is 7.11 Å². The maximum absolute atomic E-state index is 11.4. The van der Waals surface area contributed by atoms with E-state index in [-0.39, 0.29) is 12.8 Å². The van der Waals surface area contributed by atoms with Crippen LogP contribution in [0.5, 0.6) is 5.75 Å². The molecule has 0 fully saturated rings. The number of esters is 1. The summed E-state index contributed by atoms with van der Waals surface area (Å²) in [7, 11) is 2.98. The molecule has 4 heteroatoms. The van der Waals surface area contributed by atoms with Crippen LogP contribution in [0.25, 0.3) is 12.2 Å². The maximum Gasteiger partial charge on any atom is 0.337 e. The van der Waals surface area contributed by atoms with Gasteiger partial charge in [-0.25, -0.2) is 4.79 Å². The fraction of sp³-hybridized carbons (Fsp3) is 0.250. The highest BCUT2D eigenvalue weighted by Crippen LogP contribution is 2.25. The molecule has 0 unspecified atom stereocenters. The summed E-state index contributed by atoms with van der Waals surface area (Å²) in [6.07, 6.45) is 4.04. The summed E-state index contributed by atoms with van der Waals surface area (Å²) in [4.78, 5) is 11.4. The summed E-state index contributed by atoms with van der Waals surface area (Å²) in [5, 5.41) is 0. The van der Waals surface area contributed by atoms with E-state index in [9.17, 15) is 4.79 Å². The van der Waals surface area contributed by atoms with Gasteiger partial charge in [-0.2, -0.15) is 0 Å². The number of methoxy groups -OCH3 is 2. The van der Waals surface area contributed by atoms with Gasteiger partial charge in [-0.15, -0.1) is 0 Å². The number of aryl methyl sites for hydroxylation is 2. The second-order valence-electron chi connectivity index (χ2n) is 5.48. The van der Waals surface area contributed by atoms with Crippen LogP contribution in [-0.2, 0) is 9.47 Å². The smallest absolute Gasteiger partial charge is 0.337 e. The van der Waals surface area contributed by atoms with E-state index >= 15 is 0 Å². The Hall–Kier alpha value is -2.59. The molecule has 0 N–H and O–H groups in total. The molecule has 0 aliphatic rings. The first-order chi connectivity index (χ1) is 11.5.